The van der Waals surface area contributed by atoms with Gasteiger partial charge in [-0.2, -0.15) is 0 Å². The standard InChI is InChI=1S/C13H23N3O2/c1-9(14)4-7-12(17)16-8-2-3-11(16)13(18)15-10-5-6-10/h9-11H,2-8,14H2,1H3,(H,15,18). The van der Waals surface area contributed by atoms with Gasteiger partial charge in [-0.15, -0.1) is 0 Å². The van der Waals surface area contributed by atoms with Crippen molar-refractivity contribution in [2.24, 2.45) is 5.73 Å². The van der Waals surface area contributed by atoms with Gasteiger partial charge in [0, 0.05) is 25.0 Å². The maximum Gasteiger partial charge on any atom is 0.243 e. The lowest BCUT2D eigenvalue weighted by Gasteiger charge is -2.24. The molecule has 102 valence electrons. The van der Waals surface area contributed by atoms with Crippen LogP contribution in [0.1, 0.15) is 45.4 Å². The maximum atomic E-state index is 12.1. The summed E-state index contributed by atoms with van der Waals surface area (Å²) >= 11 is 0. The Morgan fingerprint density at radius 2 is 2.11 bits per heavy atom. The molecule has 1 heterocycles. The van der Waals surface area contributed by atoms with Crippen LogP contribution < -0.4 is 11.1 Å². The lowest BCUT2D eigenvalue weighted by atomic mass is 10.1. The van der Waals surface area contributed by atoms with Gasteiger partial charge in [-0.25, -0.2) is 0 Å². The third kappa shape index (κ3) is 3.45. The molecule has 0 spiro atoms. The molecule has 2 rings (SSSR count). The van der Waals surface area contributed by atoms with Crippen LogP contribution >= 0.6 is 0 Å². The molecule has 2 fully saturated rings. The topological polar surface area (TPSA) is 75.4 Å². The highest BCUT2D eigenvalue weighted by molar-refractivity contribution is 5.88. The number of nitrogens with two attached hydrogens (primary N) is 1. The van der Waals surface area contributed by atoms with Crippen LogP contribution in [0.5, 0.6) is 0 Å². The highest BCUT2D eigenvalue weighted by Crippen LogP contribution is 2.23. The van der Waals surface area contributed by atoms with E-state index in [1.54, 1.807) is 4.90 Å². The van der Waals surface area contributed by atoms with Crippen molar-refractivity contribution in [1.82, 2.24) is 10.2 Å². The molecule has 1 aliphatic carbocycles. The molecule has 0 bridgehead atoms. The average Bonchev–Trinajstić information content (AvgIpc) is 2.98. The molecule has 3 N–H and O–H groups in total. The molecule has 1 aliphatic heterocycles. The molecular weight excluding hydrogens is 230 g/mol. The predicted octanol–water partition coefficient (Wildman–Crippen LogP) is 0.383. The second-order valence-electron chi connectivity index (χ2n) is 5.54. The van der Waals surface area contributed by atoms with Crippen LogP contribution in [0.2, 0.25) is 0 Å². The molecule has 0 aromatic rings. The summed E-state index contributed by atoms with van der Waals surface area (Å²) in [4.78, 5) is 25.8. The van der Waals surface area contributed by atoms with Gasteiger partial charge in [-0.1, -0.05) is 0 Å². The minimum atomic E-state index is -0.244. The molecule has 1 saturated heterocycles. The number of hydrogen-bond acceptors (Lipinski definition) is 3. The summed E-state index contributed by atoms with van der Waals surface area (Å²) in [7, 11) is 0. The second kappa shape index (κ2) is 5.69. The van der Waals surface area contributed by atoms with E-state index >= 15 is 0 Å². The quantitative estimate of drug-likeness (QED) is 0.744. The number of hydrogen-bond donors (Lipinski definition) is 2. The largest absolute Gasteiger partial charge is 0.352 e. The molecule has 2 amide bonds. The van der Waals surface area contributed by atoms with E-state index in [2.05, 4.69) is 5.32 Å². The first-order valence-electron chi connectivity index (χ1n) is 6.93. The zero-order chi connectivity index (χ0) is 13.1. The summed E-state index contributed by atoms with van der Waals surface area (Å²) in [5.41, 5.74) is 5.66. The van der Waals surface area contributed by atoms with Crippen LogP contribution in [-0.4, -0.2) is 41.4 Å². The molecule has 0 radical (unpaired) electrons. The SMILES string of the molecule is CC(N)CCC(=O)N1CCCC1C(=O)NC1CC1. The Morgan fingerprint density at radius 3 is 2.72 bits per heavy atom. The van der Waals surface area contributed by atoms with Gasteiger partial charge in [0.05, 0.1) is 0 Å². The van der Waals surface area contributed by atoms with Crippen molar-refractivity contribution in [3.8, 4) is 0 Å². The van der Waals surface area contributed by atoms with Crippen LogP contribution in [0.3, 0.4) is 0 Å². The van der Waals surface area contributed by atoms with Crippen LogP contribution in [0.25, 0.3) is 0 Å². The van der Waals surface area contributed by atoms with E-state index in [0.29, 0.717) is 25.4 Å². The maximum absolute atomic E-state index is 12.1. The van der Waals surface area contributed by atoms with Crippen LogP contribution in [0.4, 0.5) is 0 Å². The lowest BCUT2D eigenvalue weighted by molar-refractivity contribution is -0.138. The predicted molar refractivity (Wildman–Crippen MR) is 68.8 cm³/mol. The van der Waals surface area contributed by atoms with Gasteiger partial charge in [-0.05, 0) is 39.0 Å². The van der Waals surface area contributed by atoms with Crippen molar-refractivity contribution in [3.05, 3.63) is 0 Å². The summed E-state index contributed by atoms with van der Waals surface area (Å²) < 4.78 is 0. The smallest absolute Gasteiger partial charge is 0.243 e. The minimum Gasteiger partial charge on any atom is -0.352 e. The number of amides is 2. The Morgan fingerprint density at radius 1 is 1.39 bits per heavy atom. The van der Waals surface area contributed by atoms with Gasteiger partial charge < -0.3 is 16.0 Å². The number of nitrogens with one attached hydrogen (secondary N) is 1. The van der Waals surface area contributed by atoms with Gasteiger partial charge in [0.1, 0.15) is 6.04 Å². The van der Waals surface area contributed by atoms with E-state index in [0.717, 1.165) is 25.7 Å². The molecular formula is C13H23N3O2. The van der Waals surface area contributed by atoms with Gasteiger partial charge in [-0.3, -0.25) is 9.59 Å². The van der Waals surface area contributed by atoms with E-state index in [9.17, 15) is 9.59 Å². The third-order valence-electron chi connectivity index (χ3n) is 3.61. The summed E-state index contributed by atoms with van der Waals surface area (Å²) in [5, 5.41) is 2.99. The second-order valence-corrected chi connectivity index (χ2v) is 5.54. The van der Waals surface area contributed by atoms with Crippen LogP contribution in [0.15, 0.2) is 0 Å². The molecule has 2 aliphatic rings. The van der Waals surface area contributed by atoms with Crippen molar-refractivity contribution in [3.63, 3.8) is 0 Å². The summed E-state index contributed by atoms with van der Waals surface area (Å²) in [5.74, 6) is 0.102. The van der Waals surface area contributed by atoms with Gasteiger partial charge in [0.15, 0.2) is 0 Å². The number of carbonyl (C=O) groups excluding carboxylic acids is 2. The Hall–Kier alpha value is -1.10. The van der Waals surface area contributed by atoms with E-state index in [1.807, 2.05) is 6.92 Å². The number of likely N-dealkylation sites (tertiary alicyclic amines) is 1. The number of rotatable bonds is 5. The Balaban J connectivity index is 1.85. The molecule has 2 unspecified atom stereocenters. The minimum absolute atomic E-state index is 0.0316. The molecule has 5 heteroatoms. The van der Waals surface area contributed by atoms with E-state index in [4.69, 9.17) is 5.73 Å². The van der Waals surface area contributed by atoms with Crippen molar-refractivity contribution >= 4 is 11.8 Å². The fraction of sp³-hybridized carbons (Fsp3) is 0.846. The summed E-state index contributed by atoms with van der Waals surface area (Å²) in [6, 6.07) is 0.153. The Bertz CT molecular complexity index is 326. The highest BCUT2D eigenvalue weighted by Gasteiger charge is 2.36. The molecule has 18 heavy (non-hydrogen) atoms. The zero-order valence-electron chi connectivity index (χ0n) is 11.0. The van der Waals surface area contributed by atoms with Crippen LogP contribution in [-0.2, 0) is 9.59 Å². The van der Waals surface area contributed by atoms with E-state index in [1.165, 1.54) is 0 Å². The fourth-order valence-corrected chi connectivity index (χ4v) is 2.36. The monoisotopic (exact) mass is 253 g/mol. The van der Waals surface area contributed by atoms with Gasteiger partial charge >= 0.3 is 0 Å². The number of nitrogens with zero attached hydrogens (tertiary/aromatic N) is 1. The van der Waals surface area contributed by atoms with E-state index < -0.39 is 0 Å². The molecule has 2 atom stereocenters. The molecule has 5 nitrogen and oxygen atoms in total. The summed E-state index contributed by atoms with van der Waals surface area (Å²) in [6.07, 6.45) is 5.01. The first-order valence-corrected chi connectivity index (χ1v) is 6.93. The Labute approximate surface area is 108 Å². The fourth-order valence-electron chi connectivity index (χ4n) is 2.36. The molecule has 0 aromatic carbocycles. The average molecular weight is 253 g/mol. The molecule has 1 saturated carbocycles. The highest BCUT2D eigenvalue weighted by atomic mass is 16.2. The zero-order valence-corrected chi connectivity index (χ0v) is 11.0. The number of carbonyl (C=O) groups is 2. The van der Waals surface area contributed by atoms with Crippen molar-refractivity contribution in [2.45, 2.75) is 63.6 Å². The van der Waals surface area contributed by atoms with E-state index in [-0.39, 0.29) is 23.9 Å². The molecule has 0 aromatic heterocycles. The lowest BCUT2D eigenvalue weighted by Crippen LogP contribution is -2.46. The first kappa shape index (κ1) is 13.3. The normalized spacial score (nSPS) is 25.0. The van der Waals surface area contributed by atoms with Crippen molar-refractivity contribution < 1.29 is 9.59 Å². The Kier molecular flexibility index (Phi) is 4.22. The van der Waals surface area contributed by atoms with Crippen LogP contribution in [0, 0.1) is 0 Å². The first-order chi connectivity index (χ1) is 8.58. The third-order valence-corrected chi connectivity index (χ3v) is 3.61. The van der Waals surface area contributed by atoms with Crippen molar-refractivity contribution in [2.75, 3.05) is 6.54 Å². The van der Waals surface area contributed by atoms with Gasteiger partial charge in [0.2, 0.25) is 11.8 Å². The van der Waals surface area contributed by atoms with Gasteiger partial charge in [0.25, 0.3) is 0 Å². The summed E-state index contributed by atoms with van der Waals surface area (Å²) in [6.45, 7) is 2.61. The van der Waals surface area contributed by atoms with Crippen molar-refractivity contribution in [1.29, 1.82) is 0 Å².